The molecule has 0 atom stereocenters. The number of hydrogen-bond acceptors (Lipinski definition) is 0. The van der Waals surface area contributed by atoms with Crippen LogP contribution >= 0.6 is 0 Å². The fourth-order valence-corrected chi connectivity index (χ4v) is 1.87. The van der Waals surface area contributed by atoms with Crippen LogP contribution in [0, 0.1) is 11.8 Å². The summed E-state index contributed by atoms with van der Waals surface area (Å²) >= 11 is 0. The van der Waals surface area contributed by atoms with Gasteiger partial charge in [-0.1, -0.05) is 6.08 Å². The van der Waals surface area contributed by atoms with E-state index < -0.39 is 0 Å². The highest BCUT2D eigenvalue weighted by Gasteiger charge is 2.19. The van der Waals surface area contributed by atoms with Gasteiger partial charge < -0.3 is 0 Å². The van der Waals surface area contributed by atoms with Gasteiger partial charge in [-0.3, -0.25) is 0 Å². The molecule has 1 radical (unpaired) electrons. The summed E-state index contributed by atoms with van der Waals surface area (Å²) in [5.74, 6) is 1.31. The van der Waals surface area contributed by atoms with Crippen molar-refractivity contribution < 1.29 is 5.11 Å². The van der Waals surface area contributed by atoms with Gasteiger partial charge >= 0.3 is 0 Å². The lowest BCUT2D eigenvalue weighted by Gasteiger charge is -2.25. The third-order valence-electron chi connectivity index (χ3n) is 2.70. The summed E-state index contributed by atoms with van der Waals surface area (Å²) < 4.78 is 0. The van der Waals surface area contributed by atoms with Crippen LogP contribution in [0.4, 0.5) is 0 Å². The van der Waals surface area contributed by atoms with E-state index in [-0.39, 0.29) is 6.61 Å². The Bertz CT molecular complexity index is 112. The van der Waals surface area contributed by atoms with Gasteiger partial charge in [0, 0.05) is 0 Å². The van der Waals surface area contributed by atoms with E-state index >= 15 is 0 Å². The van der Waals surface area contributed by atoms with Crippen LogP contribution in [0.25, 0.3) is 0 Å². The minimum Gasteiger partial charge on any atom is -0.236 e. The van der Waals surface area contributed by atoms with Crippen molar-refractivity contribution in [1.82, 2.24) is 0 Å². The van der Waals surface area contributed by atoms with Crippen molar-refractivity contribution >= 4 is 0 Å². The molecule has 0 amide bonds. The molecule has 0 saturated heterocycles. The Balaban J connectivity index is 2.18. The van der Waals surface area contributed by atoms with E-state index in [0.29, 0.717) is 5.92 Å². The maximum Gasteiger partial charge on any atom is 0.0850 e. The van der Waals surface area contributed by atoms with E-state index in [4.69, 9.17) is 0 Å². The maximum absolute atomic E-state index is 10.5. The summed E-state index contributed by atoms with van der Waals surface area (Å²) in [7, 11) is 0. The van der Waals surface area contributed by atoms with Crippen LogP contribution in [0.1, 0.15) is 32.1 Å². The molecule has 1 nitrogen and oxygen atoms in total. The lowest BCUT2D eigenvalue weighted by molar-refractivity contribution is 0.110. The molecule has 0 aromatic carbocycles. The smallest absolute Gasteiger partial charge is 0.0850 e. The second-order valence-electron chi connectivity index (χ2n) is 3.58. The molecule has 0 bridgehead atoms. The zero-order chi connectivity index (χ0) is 8.10. The first-order chi connectivity index (χ1) is 5.36. The van der Waals surface area contributed by atoms with Gasteiger partial charge in [0.2, 0.25) is 0 Å². The topological polar surface area (TPSA) is 19.9 Å². The van der Waals surface area contributed by atoms with Gasteiger partial charge in [-0.05, 0) is 43.9 Å². The summed E-state index contributed by atoms with van der Waals surface area (Å²) in [6.07, 6.45) is 7.95. The molecule has 1 aliphatic carbocycles. The Kier molecular flexibility index (Phi) is 3.64. The third-order valence-corrected chi connectivity index (χ3v) is 2.70. The normalized spacial score (nSPS) is 31.7. The Morgan fingerprint density at radius 2 is 1.73 bits per heavy atom. The van der Waals surface area contributed by atoms with Gasteiger partial charge in [-0.2, -0.15) is 0 Å². The molecule has 0 unspecified atom stereocenters. The Morgan fingerprint density at radius 1 is 1.18 bits per heavy atom. The molecule has 0 heterocycles. The van der Waals surface area contributed by atoms with Crippen LogP contribution < -0.4 is 0 Å². The maximum atomic E-state index is 10.5. The molecule has 0 aliphatic heterocycles. The van der Waals surface area contributed by atoms with Gasteiger partial charge in [-0.15, -0.1) is 6.58 Å². The van der Waals surface area contributed by atoms with Crippen molar-refractivity contribution in [3.8, 4) is 0 Å². The third kappa shape index (κ3) is 2.66. The Morgan fingerprint density at radius 3 is 2.18 bits per heavy atom. The van der Waals surface area contributed by atoms with Gasteiger partial charge in [-0.25, -0.2) is 5.11 Å². The first-order valence-electron chi connectivity index (χ1n) is 4.55. The average Bonchev–Trinajstić information content (AvgIpc) is 2.07. The van der Waals surface area contributed by atoms with Crippen molar-refractivity contribution in [2.75, 3.05) is 6.61 Å². The van der Waals surface area contributed by atoms with Crippen LogP contribution in [0.2, 0.25) is 0 Å². The zero-order valence-electron chi connectivity index (χ0n) is 7.09. The predicted molar refractivity (Wildman–Crippen MR) is 45.8 cm³/mol. The van der Waals surface area contributed by atoms with Crippen LogP contribution in [0.15, 0.2) is 12.7 Å². The van der Waals surface area contributed by atoms with E-state index in [1.807, 2.05) is 6.08 Å². The standard InChI is InChI=1S/C10H17O/c1-2-3-9-4-6-10(8-11)7-5-9/h2,9-10H,1,3-8H2/t9-,10-. The summed E-state index contributed by atoms with van der Waals surface area (Å²) in [6, 6.07) is 0. The molecule has 0 N–H and O–H groups in total. The summed E-state index contributed by atoms with van der Waals surface area (Å²) in [5.41, 5.74) is 0. The van der Waals surface area contributed by atoms with E-state index in [1.54, 1.807) is 0 Å². The molecule has 0 aromatic heterocycles. The molecule has 0 aromatic rings. The molecular weight excluding hydrogens is 136 g/mol. The average molecular weight is 153 g/mol. The van der Waals surface area contributed by atoms with Crippen LogP contribution in [0.3, 0.4) is 0 Å². The minimum absolute atomic E-state index is 0.140. The lowest BCUT2D eigenvalue weighted by Crippen LogP contribution is -2.16. The van der Waals surface area contributed by atoms with Crippen molar-refractivity contribution in [1.29, 1.82) is 0 Å². The predicted octanol–water partition coefficient (Wildman–Crippen LogP) is 2.80. The molecule has 1 aliphatic rings. The molecule has 1 rings (SSSR count). The molecule has 1 saturated carbocycles. The summed E-state index contributed by atoms with van der Waals surface area (Å²) in [4.78, 5) is 0. The molecule has 63 valence electrons. The van der Waals surface area contributed by atoms with Crippen molar-refractivity contribution in [2.24, 2.45) is 11.8 Å². The number of rotatable bonds is 3. The monoisotopic (exact) mass is 153 g/mol. The Hall–Kier alpha value is -0.300. The molecular formula is C10H17O. The van der Waals surface area contributed by atoms with Gasteiger partial charge in [0.25, 0.3) is 0 Å². The first kappa shape index (κ1) is 8.79. The van der Waals surface area contributed by atoms with Crippen LogP contribution in [-0.4, -0.2) is 6.61 Å². The van der Waals surface area contributed by atoms with E-state index in [2.05, 4.69) is 6.58 Å². The second kappa shape index (κ2) is 4.55. The van der Waals surface area contributed by atoms with E-state index in [9.17, 15) is 5.11 Å². The van der Waals surface area contributed by atoms with Crippen LogP contribution in [-0.2, 0) is 5.11 Å². The van der Waals surface area contributed by atoms with Crippen LogP contribution in [0.5, 0.6) is 0 Å². The quantitative estimate of drug-likeness (QED) is 0.556. The molecule has 0 spiro atoms. The van der Waals surface area contributed by atoms with E-state index in [0.717, 1.165) is 25.2 Å². The van der Waals surface area contributed by atoms with Crippen molar-refractivity contribution in [3.63, 3.8) is 0 Å². The largest absolute Gasteiger partial charge is 0.236 e. The number of allylic oxidation sites excluding steroid dienone is 1. The highest BCUT2D eigenvalue weighted by Crippen LogP contribution is 2.30. The van der Waals surface area contributed by atoms with Gasteiger partial charge in [0.15, 0.2) is 0 Å². The minimum atomic E-state index is 0.140. The molecule has 1 heteroatoms. The highest BCUT2D eigenvalue weighted by molar-refractivity contribution is 4.78. The van der Waals surface area contributed by atoms with Crippen molar-refractivity contribution in [2.45, 2.75) is 32.1 Å². The molecule has 11 heavy (non-hydrogen) atoms. The summed E-state index contributed by atoms with van der Waals surface area (Å²) in [6.45, 7) is 3.87. The van der Waals surface area contributed by atoms with E-state index in [1.165, 1.54) is 12.8 Å². The SMILES string of the molecule is C=CC[C@H]1CC[C@H](C[O])CC1. The fourth-order valence-electron chi connectivity index (χ4n) is 1.87. The zero-order valence-corrected chi connectivity index (χ0v) is 7.09. The molecule has 1 fully saturated rings. The summed E-state index contributed by atoms with van der Waals surface area (Å²) in [5, 5.41) is 10.5. The number of hydrogen-bond donors (Lipinski definition) is 0. The fraction of sp³-hybridized carbons (Fsp3) is 0.800. The Labute approximate surface area is 69.1 Å². The highest BCUT2D eigenvalue weighted by atomic mass is 16.3. The van der Waals surface area contributed by atoms with Crippen molar-refractivity contribution in [3.05, 3.63) is 12.7 Å². The van der Waals surface area contributed by atoms with Gasteiger partial charge in [0.1, 0.15) is 0 Å². The lowest BCUT2D eigenvalue weighted by atomic mass is 9.81. The van der Waals surface area contributed by atoms with Gasteiger partial charge in [0.05, 0.1) is 6.61 Å². The first-order valence-corrected chi connectivity index (χ1v) is 4.55. The second-order valence-corrected chi connectivity index (χ2v) is 3.58.